The number of benzene rings is 2. The minimum Gasteiger partial charge on any atom is -0.457 e. The average molecular weight is 425 g/mol. The number of aromatic nitrogens is 4. The van der Waals surface area contributed by atoms with Gasteiger partial charge in [0.1, 0.15) is 24.2 Å². The first-order valence-corrected chi connectivity index (χ1v) is 8.96. The van der Waals surface area contributed by atoms with E-state index in [1.807, 2.05) is 0 Å². The van der Waals surface area contributed by atoms with Crippen LogP contribution in [0.4, 0.5) is 18.9 Å². The van der Waals surface area contributed by atoms with Gasteiger partial charge in [0.25, 0.3) is 5.91 Å². The molecule has 0 radical (unpaired) electrons. The van der Waals surface area contributed by atoms with E-state index in [4.69, 9.17) is 4.74 Å². The lowest BCUT2D eigenvalue weighted by atomic mass is 10.1. The van der Waals surface area contributed by atoms with Crippen LogP contribution in [0.3, 0.4) is 0 Å². The Morgan fingerprint density at radius 1 is 0.968 bits per heavy atom. The lowest BCUT2D eigenvalue weighted by Crippen LogP contribution is -2.15. The van der Waals surface area contributed by atoms with Crippen molar-refractivity contribution in [1.82, 2.24) is 19.7 Å². The second-order valence-electron chi connectivity index (χ2n) is 6.34. The number of nitrogens with zero attached hydrogens (tertiary/aromatic N) is 4. The molecule has 4 aromatic rings. The normalized spacial score (nSPS) is 11.2. The highest BCUT2D eigenvalue weighted by molar-refractivity contribution is 6.04. The summed E-state index contributed by atoms with van der Waals surface area (Å²) >= 11 is 0. The molecule has 7 nitrogen and oxygen atoms in total. The summed E-state index contributed by atoms with van der Waals surface area (Å²) in [5, 5.41) is 6.23. The van der Waals surface area contributed by atoms with Crippen molar-refractivity contribution in [2.24, 2.45) is 0 Å². The van der Waals surface area contributed by atoms with Gasteiger partial charge in [0.15, 0.2) is 0 Å². The second-order valence-corrected chi connectivity index (χ2v) is 6.34. The summed E-state index contributed by atoms with van der Waals surface area (Å²) in [4.78, 5) is 20.2. The Morgan fingerprint density at radius 3 is 2.48 bits per heavy atom. The number of halogens is 3. The van der Waals surface area contributed by atoms with Crippen LogP contribution in [0, 0.1) is 0 Å². The minimum atomic E-state index is -4.65. The van der Waals surface area contributed by atoms with E-state index in [2.05, 4.69) is 20.4 Å². The molecule has 0 atom stereocenters. The fraction of sp³-hybridized carbons (Fsp3) is 0.0476. The minimum absolute atomic E-state index is 0.0124. The summed E-state index contributed by atoms with van der Waals surface area (Å²) in [6.07, 6.45) is 0.772. The fourth-order valence-corrected chi connectivity index (χ4v) is 2.82. The maximum Gasteiger partial charge on any atom is 0.418 e. The van der Waals surface area contributed by atoms with Crippen molar-refractivity contribution in [2.45, 2.75) is 6.18 Å². The number of anilines is 1. The summed E-state index contributed by atoms with van der Waals surface area (Å²) in [7, 11) is 0. The second kappa shape index (κ2) is 8.27. The Labute approximate surface area is 174 Å². The predicted molar refractivity (Wildman–Crippen MR) is 105 cm³/mol. The molecule has 0 saturated heterocycles. The highest BCUT2D eigenvalue weighted by Gasteiger charge is 2.34. The molecule has 0 aliphatic heterocycles. The lowest BCUT2D eigenvalue weighted by molar-refractivity contribution is -0.137. The number of nitrogens with one attached hydrogen (secondary N) is 1. The van der Waals surface area contributed by atoms with E-state index in [1.54, 1.807) is 36.7 Å². The van der Waals surface area contributed by atoms with Crippen LogP contribution in [0.1, 0.15) is 15.9 Å². The Kier molecular flexibility index (Phi) is 5.35. The van der Waals surface area contributed by atoms with Crippen molar-refractivity contribution in [3.8, 4) is 17.2 Å². The van der Waals surface area contributed by atoms with E-state index in [1.165, 1.54) is 24.3 Å². The molecule has 2 aromatic carbocycles. The molecule has 1 amide bonds. The first kappa shape index (κ1) is 20.1. The zero-order chi connectivity index (χ0) is 21.8. The zero-order valence-electron chi connectivity index (χ0n) is 15.7. The lowest BCUT2D eigenvalue weighted by Gasteiger charge is -2.15. The van der Waals surface area contributed by atoms with E-state index in [9.17, 15) is 18.0 Å². The third kappa shape index (κ3) is 4.69. The number of carbonyl (C=O) groups excluding carboxylic acids is 1. The van der Waals surface area contributed by atoms with Crippen molar-refractivity contribution in [3.05, 3.63) is 90.8 Å². The van der Waals surface area contributed by atoms with Gasteiger partial charge in [-0.25, -0.2) is 9.67 Å². The van der Waals surface area contributed by atoms with Crippen LogP contribution in [-0.4, -0.2) is 25.7 Å². The molecule has 0 unspecified atom stereocenters. The molecular formula is C21H14F3N5O2. The molecule has 0 aliphatic rings. The SMILES string of the molecule is O=C(Nc1ccc(-n2cncn2)c(C(F)(F)F)c1)c1cccc(Oc2ccncc2)c1. The molecule has 1 N–H and O–H groups in total. The third-order valence-corrected chi connectivity index (χ3v) is 4.21. The van der Waals surface area contributed by atoms with Gasteiger partial charge >= 0.3 is 6.18 Å². The first-order valence-electron chi connectivity index (χ1n) is 8.96. The van der Waals surface area contributed by atoms with Crippen molar-refractivity contribution in [2.75, 3.05) is 5.32 Å². The largest absolute Gasteiger partial charge is 0.457 e. The topological polar surface area (TPSA) is 81.9 Å². The number of pyridine rings is 1. The van der Waals surface area contributed by atoms with Gasteiger partial charge in [-0.3, -0.25) is 9.78 Å². The maximum absolute atomic E-state index is 13.5. The van der Waals surface area contributed by atoms with Gasteiger partial charge in [-0.1, -0.05) is 6.07 Å². The monoisotopic (exact) mass is 425 g/mol. The van der Waals surface area contributed by atoms with E-state index >= 15 is 0 Å². The number of hydrogen-bond donors (Lipinski definition) is 1. The number of hydrogen-bond acceptors (Lipinski definition) is 5. The maximum atomic E-state index is 13.5. The van der Waals surface area contributed by atoms with Gasteiger partial charge in [-0.2, -0.15) is 18.3 Å². The van der Waals surface area contributed by atoms with Crippen molar-refractivity contribution in [3.63, 3.8) is 0 Å². The number of alkyl halides is 3. The summed E-state index contributed by atoms with van der Waals surface area (Å²) in [5.74, 6) is 0.351. The zero-order valence-corrected chi connectivity index (χ0v) is 15.7. The van der Waals surface area contributed by atoms with E-state index in [-0.39, 0.29) is 16.9 Å². The molecule has 0 saturated carbocycles. The van der Waals surface area contributed by atoms with Gasteiger partial charge in [-0.05, 0) is 48.5 Å². The van der Waals surface area contributed by atoms with Gasteiger partial charge in [0, 0.05) is 23.6 Å². The summed E-state index contributed by atoms with van der Waals surface area (Å²) < 4.78 is 47.3. The molecule has 0 aliphatic carbocycles. The molecular weight excluding hydrogens is 411 g/mol. The third-order valence-electron chi connectivity index (χ3n) is 4.21. The van der Waals surface area contributed by atoms with Gasteiger partial charge in [-0.15, -0.1) is 0 Å². The first-order chi connectivity index (χ1) is 14.9. The van der Waals surface area contributed by atoms with E-state index in [0.29, 0.717) is 11.5 Å². The van der Waals surface area contributed by atoms with Crippen LogP contribution >= 0.6 is 0 Å². The molecule has 156 valence electrons. The number of carbonyl (C=O) groups is 1. The van der Waals surface area contributed by atoms with Crippen LogP contribution in [0.5, 0.6) is 11.5 Å². The van der Waals surface area contributed by atoms with E-state index < -0.39 is 17.6 Å². The summed E-state index contributed by atoms with van der Waals surface area (Å²) in [6, 6.07) is 13.0. The highest BCUT2D eigenvalue weighted by atomic mass is 19.4. The van der Waals surface area contributed by atoms with Crippen molar-refractivity contribution in [1.29, 1.82) is 0 Å². The van der Waals surface area contributed by atoms with Crippen LogP contribution in [-0.2, 0) is 6.18 Å². The van der Waals surface area contributed by atoms with Gasteiger partial charge < -0.3 is 10.1 Å². The van der Waals surface area contributed by atoms with Crippen LogP contribution < -0.4 is 10.1 Å². The molecule has 0 spiro atoms. The molecule has 0 fully saturated rings. The predicted octanol–water partition coefficient (Wildman–Crippen LogP) is 4.73. The van der Waals surface area contributed by atoms with Gasteiger partial charge in [0.05, 0.1) is 11.3 Å². The fourth-order valence-electron chi connectivity index (χ4n) is 2.82. The Bertz CT molecular complexity index is 1200. The summed E-state index contributed by atoms with van der Waals surface area (Å²) in [5.41, 5.74) is -0.941. The molecule has 10 heteroatoms. The molecule has 0 bridgehead atoms. The van der Waals surface area contributed by atoms with Crippen molar-refractivity contribution < 1.29 is 22.7 Å². The van der Waals surface area contributed by atoms with Crippen LogP contribution in [0.15, 0.2) is 79.6 Å². The molecule has 31 heavy (non-hydrogen) atoms. The summed E-state index contributed by atoms with van der Waals surface area (Å²) in [6.45, 7) is 0. The number of ether oxygens (including phenoxy) is 1. The quantitative estimate of drug-likeness (QED) is 0.500. The number of amides is 1. The number of rotatable bonds is 5. The van der Waals surface area contributed by atoms with Gasteiger partial charge in [0.2, 0.25) is 0 Å². The van der Waals surface area contributed by atoms with E-state index in [0.717, 1.165) is 23.4 Å². The van der Waals surface area contributed by atoms with Crippen LogP contribution in [0.2, 0.25) is 0 Å². The average Bonchev–Trinajstić information content (AvgIpc) is 3.29. The van der Waals surface area contributed by atoms with Crippen LogP contribution in [0.25, 0.3) is 5.69 Å². The molecule has 2 heterocycles. The van der Waals surface area contributed by atoms with Crippen molar-refractivity contribution >= 4 is 11.6 Å². The molecule has 4 rings (SSSR count). The Balaban J connectivity index is 1.57. The highest BCUT2D eigenvalue weighted by Crippen LogP contribution is 2.35. The molecule has 2 aromatic heterocycles. The Morgan fingerprint density at radius 2 is 1.77 bits per heavy atom. The smallest absolute Gasteiger partial charge is 0.418 e. The Hall–Kier alpha value is -4.21. The standard InChI is InChI=1S/C21H14F3N5O2/c22-21(23,24)18-11-15(4-5-19(18)29-13-26-12-27-29)28-20(30)14-2-1-3-17(10-14)31-16-6-8-25-9-7-16/h1-13H,(H,28,30).